The highest BCUT2D eigenvalue weighted by molar-refractivity contribution is 7.92. The van der Waals surface area contributed by atoms with Gasteiger partial charge in [0.25, 0.3) is 0 Å². The summed E-state index contributed by atoms with van der Waals surface area (Å²) < 4.78 is 40.3. The number of hydrogen-bond donors (Lipinski definition) is 0. The average Bonchev–Trinajstić information content (AvgIpc) is 2.77. The van der Waals surface area contributed by atoms with Crippen molar-refractivity contribution in [2.75, 3.05) is 6.26 Å². The predicted molar refractivity (Wildman–Crippen MR) is 63.8 cm³/mol. The number of ether oxygens (including phenoxy) is 1. The second kappa shape index (κ2) is 4.99. The molecule has 0 aliphatic rings. The first kappa shape index (κ1) is 12.9. The SMILES string of the molecule is CS(=O)(=O)c1nnc(COc2ccc(F)cc2)s1. The molecule has 0 saturated carbocycles. The second-order valence-electron chi connectivity index (χ2n) is 3.48. The van der Waals surface area contributed by atoms with E-state index < -0.39 is 9.84 Å². The molecule has 1 aromatic heterocycles. The lowest BCUT2D eigenvalue weighted by molar-refractivity contribution is 0.304. The van der Waals surface area contributed by atoms with E-state index in [1.54, 1.807) is 0 Å². The summed E-state index contributed by atoms with van der Waals surface area (Å²) in [6.45, 7) is 0.0961. The molecule has 0 saturated heterocycles. The van der Waals surface area contributed by atoms with Crippen molar-refractivity contribution < 1.29 is 17.5 Å². The van der Waals surface area contributed by atoms with Crippen LogP contribution in [0.25, 0.3) is 0 Å². The maximum Gasteiger partial charge on any atom is 0.232 e. The van der Waals surface area contributed by atoms with Gasteiger partial charge in [-0.15, -0.1) is 10.2 Å². The lowest BCUT2D eigenvalue weighted by Crippen LogP contribution is -1.95. The summed E-state index contributed by atoms with van der Waals surface area (Å²) in [6, 6.07) is 5.51. The minimum Gasteiger partial charge on any atom is -0.486 e. The number of sulfone groups is 1. The zero-order valence-electron chi connectivity index (χ0n) is 9.33. The maximum atomic E-state index is 12.6. The molecule has 1 heterocycles. The van der Waals surface area contributed by atoms with E-state index in [1.165, 1.54) is 24.3 Å². The van der Waals surface area contributed by atoms with Crippen molar-refractivity contribution in [1.29, 1.82) is 0 Å². The molecule has 8 heteroatoms. The van der Waals surface area contributed by atoms with E-state index in [0.717, 1.165) is 17.6 Å². The molecule has 5 nitrogen and oxygen atoms in total. The van der Waals surface area contributed by atoms with Crippen molar-refractivity contribution in [2.24, 2.45) is 0 Å². The van der Waals surface area contributed by atoms with Crippen molar-refractivity contribution >= 4 is 21.2 Å². The second-order valence-corrected chi connectivity index (χ2v) is 6.73. The largest absolute Gasteiger partial charge is 0.486 e. The number of rotatable bonds is 4. The van der Waals surface area contributed by atoms with Crippen LogP contribution in [0.4, 0.5) is 4.39 Å². The highest BCUT2D eigenvalue weighted by atomic mass is 32.2. The van der Waals surface area contributed by atoms with Crippen molar-refractivity contribution in [3.05, 3.63) is 35.1 Å². The van der Waals surface area contributed by atoms with Gasteiger partial charge in [0.2, 0.25) is 14.2 Å². The Bertz CT molecular complexity index is 637. The summed E-state index contributed by atoms with van der Waals surface area (Å²) in [7, 11) is -3.33. The molecule has 0 fully saturated rings. The fourth-order valence-corrected chi connectivity index (χ4v) is 2.69. The molecular formula is C10H9FN2O3S2. The lowest BCUT2D eigenvalue weighted by atomic mass is 10.3. The molecule has 18 heavy (non-hydrogen) atoms. The third kappa shape index (κ3) is 3.23. The van der Waals surface area contributed by atoms with Gasteiger partial charge >= 0.3 is 0 Å². The molecule has 0 atom stereocenters. The van der Waals surface area contributed by atoms with Gasteiger partial charge in [-0.1, -0.05) is 11.3 Å². The number of aromatic nitrogens is 2. The standard InChI is InChI=1S/C10H9FN2O3S2/c1-18(14,15)10-13-12-9(17-10)6-16-8-4-2-7(11)3-5-8/h2-5H,6H2,1H3. The Hall–Kier alpha value is -1.54. The fourth-order valence-electron chi connectivity index (χ4n) is 1.12. The minimum absolute atomic E-state index is 0.0415. The molecule has 0 aliphatic heterocycles. The Morgan fingerprint density at radius 2 is 1.94 bits per heavy atom. The zero-order chi connectivity index (χ0) is 13.2. The fraction of sp³-hybridized carbons (Fsp3) is 0.200. The van der Waals surface area contributed by atoms with E-state index in [1.807, 2.05) is 0 Å². The monoisotopic (exact) mass is 288 g/mol. The minimum atomic E-state index is -3.33. The van der Waals surface area contributed by atoms with Gasteiger partial charge in [-0.2, -0.15) is 0 Å². The molecule has 96 valence electrons. The number of nitrogens with zero attached hydrogens (tertiary/aromatic N) is 2. The van der Waals surface area contributed by atoms with Gasteiger partial charge in [0.1, 0.15) is 18.2 Å². The number of hydrogen-bond acceptors (Lipinski definition) is 6. The quantitative estimate of drug-likeness (QED) is 0.855. The lowest BCUT2D eigenvalue weighted by Gasteiger charge is -2.02. The van der Waals surface area contributed by atoms with Gasteiger partial charge in [-0.25, -0.2) is 12.8 Å². The van der Waals surface area contributed by atoms with Crippen molar-refractivity contribution in [1.82, 2.24) is 10.2 Å². The van der Waals surface area contributed by atoms with Crippen molar-refractivity contribution in [3.8, 4) is 5.75 Å². The average molecular weight is 288 g/mol. The summed E-state index contributed by atoms with van der Waals surface area (Å²) in [4.78, 5) is 0. The Labute approximate surface area is 107 Å². The van der Waals surface area contributed by atoms with E-state index in [-0.39, 0.29) is 16.8 Å². The van der Waals surface area contributed by atoms with E-state index >= 15 is 0 Å². The van der Waals surface area contributed by atoms with Crippen LogP contribution in [-0.4, -0.2) is 24.9 Å². The number of halogens is 1. The van der Waals surface area contributed by atoms with Gasteiger partial charge in [0.15, 0.2) is 5.01 Å². The topological polar surface area (TPSA) is 69.2 Å². The predicted octanol–water partition coefficient (Wildman–Crippen LogP) is 1.66. The van der Waals surface area contributed by atoms with Crippen LogP contribution in [0.2, 0.25) is 0 Å². The van der Waals surface area contributed by atoms with Crippen molar-refractivity contribution in [3.63, 3.8) is 0 Å². The van der Waals surface area contributed by atoms with Crippen molar-refractivity contribution in [2.45, 2.75) is 10.9 Å². The third-order valence-corrected chi connectivity index (χ3v) is 4.51. The van der Waals surface area contributed by atoms with Gasteiger partial charge in [0, 0.05) is 6.26 Å². The van der Waals surface area contributed by atoms with Crippen LogP contribution in [0.15, 0.2) is 28.6 Å². The zero-order valence-corrected chi connectivity index (χ0v) is 11.0. The smallest absolute Gasteiger partial charge is 0.232 e. The van der Waals surface area contributed by atoms with E-state index in [4.69, 9.17) is 4.74 Å². The van der Waals surface area contributed by atoms with Crippen LogP contribution in [0.3, 0.4) is 0 Å². The van der Waals surface area contributed by atoms with Crippen LogP contribution in [-0.2, 0) is 16.4 Å². The molecular weight excluding hydrogens is 279 g/mol. The molecule has 0 N–H and O–H groups in total. The Morgan fingerprint density at radius 1 is 1.28 bits per heavy atom. The van der Waals surface area contributed by atoms with Crippen LogP contribution < -0.4 is 4.74 Å². The molecule has 0 aliphatic carbocycles. The molecule has 0 amide bonds. The first-order valence-electron chi connectivity index (χ1n) is 4.86. The molecule has 1 aromatic carbocycles. The first-order chi connectivity index (χ1) is 8.45. The third-order valence-electron chi connectivity index (χ3n) is 1.94. The van der Waals surface area contributed by atoms with E-state index in [0.29, 0.717) is 10.8 Å². The Kier molecular flexibility index (Phi) is 3.58. The van der Waals surface area contributed by atoms with E-state index in [2.05, 4.69) is 10.2 Å². The Balaban J connectivity index is 2.03. The summed E-state index contributed by atoms with van der Waals surface area (Å²) in [6.07, 6.45) is 1.07. The van der Waals surface area contributed by atoms with E-state index in [9.17, 15) is 12.8 Å². The van der Waals surface area contributed by atoms with Gasteiger partial charge < -0.3 is 4.74 Å². The highest BCUT2D eigenvalue weighted by Crippen LogP contribution is 2.18. The maximum absolute atomic E-state index is 12.6. The van der Waals surface area contributed by atoms with Gasteiger partial charge in [-0.05, 0) is 24.3 Å². The molecule has 2 rings (SSSR count). The van der Waals surface area contributed by atoms with Crippen LogP contribution in [0.1, 0.15) is 5.01 Å². The number of benzene rings is 1. The first-order valence-corrected chi connectivity index (χ1v) is 7.57. The van der Waals surface area contributed by atoms with Crippen LogP contribution in [0, 0.1) is 5.82 Å². The summed E-state index contributed by atoms with van der Waals surface area (Å²) >= 11 is 0.953. The summed E-state index contributed by atoms with van der Waals surface area (Å²) in [5.74, 6) is 0.130. The highest BCUT2D eigenvalue weighted by Gasteiger charge is 2.14. The van der Waals surface area contributed by atoms with Gasteiger partial charge in [-0.3, -0.25) is 0 Å². The molecule has 2 aromatic rings. The van der Waals surface area contributed by atoms with Gasteiger partial charge in [0.05, 0.1) is 0 Å². The van der Waals surface area contributed by atoms with Crippen LogP contribution >= 0.6 is 11.3 Å². The molecule has 0 bridgehead atoms. The summed E-state index contributed by atoms with van der Waals surface area (Å²) in [5.41, 5.74) is 0. The van der Waals surface area contributed by atoms with Crippen LogP contribution in [0.5, 0.6) is 5.75 Å². The molecule has 0 spiro atoms. The summed E-state index contributed by atoms with van der Waals surface area (Å²) in [5, 5.41) is 7.70. The normalized spacial score (nSPS) is 11.4. The Morgan fingerprint density at radius 3 is 2.50 bits per heavy atom. The molecule has 0 unspecified atom stereocenters. The molecule has 0 radical (unpaired) electrons.